The van der Waals surface area contributed by atoms with Crippen molar-refractivity contribution in [2.45, 2.75) is 123 Å². The highest BCUT2D eigenvalue weighted by Gasteiger charge is 2.55. The van der Waals surface area contributed by atoms with Gasteiger partial charge in [0.1, 0.15) is 97.7 Å². The molecule has 264 valence electrons. The fourth-order valence-corrected chi connectivity index (χ4v) is 5.55. The van der Waals surface area contributed by atoms with Crippen LogP contribution >= 0.6 is 0 Å². The molecule has 0 spiro atoms. The van der Waals surface area contributed by atoms with Crippen LogP contribution in [-0.2, 0) is 33.2 Å². The van der Waals surface area contributed by atoms with E-state index >= 15 is 0 Å². The lowest BCUT2D eigenvalue weighted by molar-refractivity contribution is -0.387. The van der Waals surface area contributed by atoms with Gasteiger partial charge >= 0.3 is 0 Å². The molecule has 0 aromatic carbocycles. The predicted octanol–water partition coefficient (Wildman–Crippen LogP) is -9.75. The van der Waals surface area contributed by atoms with Crippen molar-refractivity contribution >= 4 is 0 Å². The fraction of sp³-hybridized carbons (Fsp3) is 1.00. The minimum atomic E-state index is -2.02. The molecule has 0 unspecified atom stereocenters. The number of ether oxygens (including phenoxy) is 7. The van der Waals surface area contributed by atoms with Gasteiger partial charge in [-0.3, -0.25) is 0 Å². The highest BCUT2D eigenvalue weighted by molar-refractivity contribution is 4.97. The van der Waals surface area contributed by atoms with Crippen molar-refractivity contribution in [1.82, 2.24) is 0 Å². The van der Waals surface area contributed by atoms with Crippen molar-refractivity contribution < 1.29 is 105 Å². The Morgan fingerprint density at radius 1 is 0.333 bits per heavy atom. The Balaban J connectivity index is 1.43. The zero-order valence-electron chi connectivity index (χ0n) is 23.5. The van der Waals surface area contributed by atoms with Gasteiger partial charge < -0.3 is 105 Å². The van der Waals surface area contributed by atoms with Crippen LogP contribution in [0.4, 0.5) is 0 Å². The van der Waals surface area contributed by atoms with Crippen molar-refractivity contribution in [3.63, 3.8) is 0 Å². The first-order valence-electron chi connectivity index (χ1n) is 14.1. The summed E-state index contributed by atoms with van der Waals surface area (Å²) in [5, 5.41) is 142. The van der Waals surface area contributed by atoms with E-state index in [1.165, 1.54) is 0 Å². The van der Waals surface area contributed by atoms with Gasteiger partial charge in [-0.15, -0.1) is 0 Å². The maximum absolute atomic E-state index is 10.9. The zero-order valence-corrected chi connectivity index (χ0v) is 23.5. The topological polar surface area (TPSA) is 348 Å². The summed E-state index contributed by atoms with van der Waals surface area (Å²) < 4.78 is 37.7. The Bertz CT molecular complexity index is 910. The standard InChI is InChI=1S/C24H42O21/c25-1-5-9(29)10(30)15(35)22(40-5)44-19-7(3-27)42-24(17(37)12(19)32)45-20-8(4-28)41-23(16(36)13(20)33)43-18-6(2-26)39-21(38)14(34)11(18)31/h5-38H,1-4H2/t5-,6-,7-,8-,9-,10+,11-,12-,13-,14+,15-,16+,17-,18-,19-,20-,21-,22+,23+,24+/m1/s1. The monoisotopic (exact) mass is 666 g/mol. The number of hydrogen-bond acceptors (Lipinski definition) is 21. The van der Waals surface area contributed by atoms with Crippen molar-refractivity contribution in [1.29, 1.82) is 0 Å². The van der Waals surface area contributed by atoms with Crippen LogP contribution in [0.3, 0.4) is 0 Å². The van der Waals surface area contributed by atoms with Crippen LogP contribution < -0.4 is 0 Å². The predicted molar refractivity (Wildman–Crippen MR) is 134 cm³/mol. The van der Waals surface area contributed by atoms with Crippen LogP contribution in [0.1, 0.15) is 0 Å². The van der Waals surface area contributed by atoms with Crippen molar-refractivity contribution in [3.05, 3.63) is 0 Å². The van der Waals surface area contributed by atoms with E-state index < -0.39 is 149 Å². The molecule has 0 radical (unpaired) electrons. The third-order valence-corrected chi connectivity index (χ3v) is 8.20. The molecule has 4 rings (SSSR count). The molecule has 0 bridgehead atoms. The first-order valence-corrected chi connectivity index (χ1v) is 14.1. The summed E-state index contributed by atoms with van der Waals surface area (Å²) in [5.74, 6) is 0. The molecule has 45 heavy (non-hydrogen) atoms. The van der Waals surface area contributed by atoms with E-state index in [9.17, 15) is 71.5 Å². The lowest BCUT2D eigenvalue weighted by Gasteiger charge is -2.49. The van der Waals surface area contributed by atoms with Crippen molar-refractivity contribution in [2.24, 2.45) is 0 Å². The highest BCUT2D eigenvalue weighted by atomic mass is 16.8. The Kier molecular flexibility index (Phi) is 12.8. The average Bonchev–Trinajstić information content (AvgIpc) is 3.03. The highest BCUT2D eigenvalue weighted by Crippen LogP contribution is 2.34. The zero-order chi connectivity index (χ0) is 33.3. The minimum Gasteiger partial charge on any atom is -0.394 e. The maximum Gasteiger partial charge on any atom is 0.187 e. The Morgan fingerprint density at radius 2 is 0.644 bits per heavy atom. The van der Waals surface area contributed by atoms with Gasteiger partial charge in [-0.25, -0.2) is 0 Å². The molecule has 4 fully saturated rings. The molecule has 4 heterocycles. The molecule has 20 atom stereocenters. The van der Waals surface area contributed by atoms with Gasteiger partial charge in [0, 0.05) is 0 Å². The van der Waals surface area contributed by atoms with E-state index in [1.54, 1.807) is 0 Å². The maximum atomic E-state index is 10.9. The van der Waals surface area contributed by atoms with Crippen LogP contribution in [0.2, 0.25) is 0 Å². The third-order valence-electron chi connectivity index (χ3n) is 8.20. The Labute approximate surface area is 254 Å². The first kappa shape index (κ1) is 37.0. The van der Waals surface area contributed by atoms with Crippen LogP contribution in [0, 0.1) is 0 Å². The summed E-state index contributed by atoms with van der Waals surface area (Å²) in [5.41, 5.74) is 0. The van der Waals surface area contributed by atoms with Crippen molar-refractivity contribution in [3.8, 4) is 0 Å². The second-order valence-corrected chi connectivity index (χ2v) is 11.1. The molecule has 14 N–H and O–H groups in total. The van der Waals surface area contributed by atoms with Gasteiger partial charge in [0.2, 0.25) is 0 Å². The summed E-state index contributed by atoms with van der Waals surface area (Å²) >= 11 is 0. The van der Waals surface area contributed by atoms with Crippen molar-refractivity contribution in [2.75, 3.05) is 26.4 Å². The van der Waals surface area contributed by atoms with E-state index in [0.717, 1.165) is 0 Å². The molecule has 4 saturated heterocycles. The van der Waals surface area contributed by atoms with Gasteiger partial charge in [0.25, 0.3) is 0 Å². The SMILES string of the molecule is OC[C@H]1O[C@@H](O[C@H]2[C@H](O)[C@@H](O)[C@H](O[C@H]3[C@H](O)[C@H](O)[C@H](O[C@H]4[C@H](O)[C@H](O)[C@H](O)O[C@@H]4CO)O[C@@H]3CO)O[C@@H]2CO)[C@H](O)[C@@H](O)[C@@H]1O. The molecule has 4 aliphatic heterocycles. The second kappa shape index (κ2) is 15.6. The summed E-state index contributed by atoms with van der Waals surface area (Å²) in [4.78, 5) is 0. The van der Waals surface area contributed by atoms with Crippen LogP contribution in [0.5, 0.6) is 0 Å². The number of aliphatic hydroxyl groups excluding tert-OH is 14. The molecule has 21 nitrogen and oxygen atoms in total. The minimum absolute atomic E-state index is 0.784. The van der Waals surface area contributed by atoms with E-state index in [2.05, 4.69) is 0 Å². The molecular formula is C24H42O21. The van der Waals surface area contributed by atoms with E-state index in [1.807, 2.05) is 0 Å². The van der Waals surface area contributed by atoms with Gasteiger partial charge in [-0.05, 0) is 0 Å². The number of aliphatic hydroxyl groups is 14. The molecule has 0 aromatic rings. The molecular weight excluding hydrogens is 624 g/mol. The molecule has 4 aliphatic rings. The molecule has 0 aliphatic carbocycles. The number of rotatable bonds is 10. The molecule has 0 saturated carbocycles. The van der Waals surface area contributed by atoms with Gasteiger partial charge in [-0.1, -0.05) is 0 Å². The van der Waals surface area contributed by atoms with E-state index in [0.29, 0.717) is 0 Å². The van der Waals surface area contributed by atoms with Gasteiger partial charge in [0.15, 0.2) is 25.2 Å². The fourth-order valence-electron chi connectivity index (χ4n) is 5.55. The molecule has 0 amide bonds. The average molecular weight is 667 g/mol. The lowest BCUT2D eigenvalue weighted by Crippen LogP contribution is -2.67. The quantitative estimate of drug-likeness (QED) is 0.103. The summed E-state index contributed by atoms with van der Waals surface area (Å²) in [6, 6.07) is 0. The van der Waals surface area contributed by atoms with Gasteiger partial charge in [0.05, 0.1) is 26.4 Å². The lowest BCUT2D eigenvalue weighted by atomic mass is 9.95. The number of hydrogen-bond donors (Lipinski definition) is 14. The van der Waals surface area contributed by atoms with Crippen LogP contribution in [-0.4, -0.2) is 221 Å². The normalized spacial score (nSPS) is 52.9. The van der Waals surface area contributed by atoms with Gasteiger partial charge in [-0.2, -0.15) is 0 Å². The van der Waals surface area contributed by atoms with E-state index in [-0.39, 0.29) is 0 Å². The van der Waals surface area contributed by atoms with E-state index in [4.69, 9.17) is 33.2 Å². The Morgan fingerprint density at radius 3 is 1.02 bits per heavy atom. The van der Waals surface area contributed by atoms with Crippen LogP contribution in [0.25, 0.3) is 0 Å². The first-order chi connectivity index (χ1) is 21.3. The summed E-state index contributed by atoms with van der Waals surface area (Å²) in [6.45, 7) is -3.39. The molecule has 21 heteroatoms. The second-order valence-electron chi connectivity index (χ2n) is 11.1. The summed E-state index contributed by atoms with van der Waals surface area (Å²) in [6.07, 6.45) is -35.3. The molecule has 0 aromatic heterocycles. The smallest absolute Gasteiger partial charge is 0.187 e. The Hall–Kier alpha value is -0.840. The summed E-state index contributed by atoms with van der Waals surface area (Å²) in [7, 11) is 0. The third kappa shape index (κ3) is 7.44. The largest absolute Gasteiger partial charge is 0.394 e. The van der Waals surface area contributed by atoms with Crippen LogP contribution in [0.15, 0.2) is 0 Å².